The zero-order chi connectivity index (χ0) is 29.4. The summed E-state index contributed by atoms with van der Waals surface area (Å²) in [5.74, 6) is -1.13. The summed E-state index contributed by atoms with van der Waals surface area (Å²) in [6.07, 6.45) is -8.51. The SMILES string of the molecule is CC(C)S(=O)(=O)c1cc(C(F)(F)F)cnc1C(=O)NCc1ccc(S(=O)(=O)c2cccc(C(F)(F)F)c2)cn1. The molecule has 16 heteroatoms. The van der Waals surface area contributed by atoms with Gasteiger partial charge in [0.25, 0.3) is 5.91 Å². The van der Waals surface area contributed by atoms with Crippen LogP contribution >= 0.6 is 0 Å². The number of carbonyl (C=O) groups excluding carboxylic acids is 1. The van der Waals surface area contributed by atoms with E-state index in [1.54, 1.807) is 0 Å². The first-order valence-corrected chi connectivity index (χ1v) is 13.8. The van der Waals surface area contributed by atoms with Gasteiger partial charge >= 0.3 is 12.4 Å². The summed E-state index contributed by atoms with van der Waals surface area (Å²) < 4.78 is 129. The summed E-state index contributed by atoms with van der Waals surface area (Å²) in [6, 6.07) is 5.62. The molecule has 1 amide bonds. The fourth-order valence-corrected chi connectivity index (χ4v) is 5.61. The van der Waals surface area contributed by atoms with Gasteiger partial charge in [-0.25, -0.2) is 21.8 Å². The first-order chi connectivity index (χ1) is 17.8. The number of sulfone groups is 2. The Kier molecular flexibility index (Phi) is 8.13. The number of halogens is 6. The largest absolute Gasteiger partial charge is 0.417 e. The lowest BCUT2D eigenvalue weighted by Crippen LogP contribution is -2.28. The van der Waals surface area contributed by atoms with Gasteiger partial charge in [0, 0.05) is 12.4 Å². The second kappa shape index (κ2) is 10.6. The minimum absolute atomic E-state index is 0.0477. The van der Waals surface area contributed by atoms with Crippen molar-refractivity contribution in [1.82, 2.24) is 15.3 Å². The second-order valence-corrected chi connectivity index (χ2v) is 12.8. The molecule has 0 fully saturated rings. The number of nitrogens with one attached hydrogen (secondary N) is 1. The van der Waals surface area contributed by atoms with Crippen molar-refractivity contribution in [3.63, 3.8) is 0 Å². The lowest BCUT2D eigenvalue weighted by atomic mass is 10.2. The highest BCUT2D eigenvalue weighted by Crippen LogP contribution is 2.33. The molecule has 3 rings (SSSR count). The molecular formula is C23H19F6N3O5S2. The number of hydrogen-bond acceptors (Lipinski definition) is 7. The molecular weight excluding hydrogens is 576 g/mol. The molecule has 0 unspecified atom stereocenters. The third kappa shape index (κ3) is 6.55. The quantitative estimate of drug-likeness (QED) is 0.400. The van der Waals surface area contributed by atoms with Crippen LogP contribution < -0.4 is 5.32 Å². The van der Waals surface area contributed by atoms with Crippen LogP contribution in [0.4, 0.5) is 26.3 Å². The Morgan fingerprint density at radius 1 is 0.846 bits per heavy atom. The minimum atomic E-state index is -4.91. The summed E-state index contributed by atoms with van der Waals surface area (Å²) in [6.45, 7) is 2.03. The van der Waals surface area contributed by atoms with Crippen LogP contribution in [0.25, 0.3) is 0 Å². The number of rotatable bonds is 7. The smallest absolute Gasteiger partial charge is 0.345 e. The molecule has 8 nitrogen and oxygen atoms in total. The first-order valence-electron chi connectivity index (χ1n) is 10.8. The van der Waals surface area contributed by atoms with E-state index in [0.717, 1.165) is 30.5 Å². The molecule has 0 aliphatic carbocycles. The van der Waals surface area contributed by atoms with Crippen LogP contribution in [0.1, 0.15) is 41.2 Å². The van der Waals surface area contributed by atoms with Crippen molar-refractivity contribution in [3.05, 3.63) is 77.4 Å². The highest BCUT2D eigenvalue weighted by atomic mass is 32.2. The van der Waals surface area contributed by atoms with Gasteiger partial charge in [0.2, 0.25) is 9.84 Å². The lowest BCUT2D eigenvalue weighted by molar-refractivity contribution is -0.138. The topological polar surface area (TPSA) is 123 Å². The summed E-state index contributed by atoms with van der Waals surface area (Å²) in [4.78, 5) is 18.0. The molecule has 0 aliphatic rings. The van der Waals surface area contributed by atoms with E-state index in [9.17, 15) is 48.0 Å². The van der Waals surface area contributed by atoms with Crippen LogP contribution in [0.5, 0.6) is 0 Å². The van der Waals surface area contributed by atoms with E-state index in [0.29, 0.717) is 24.4 Å². The number of benzene rings is 1. The number of hydrogen-bond donors (Lipinski definition) is 1. The van der Waals surface area contributed by atoms with Crippen molar-refractivity contribution < 1.29 is 48.0 Å². The van der Waals surface area contributed by atoms with Crippen LogP contribution in [0.2, 0.25) is 0 Å². The molecule has 0 spiro atoms. The summed E-state index contributed by atoms with van der Waals surface area (Å²) in [5.41, 5.74) is -3.25. The normalized spacial score (nSPS) is 12.9. The van der Waals surface area contributed by atoms with E-state index in [1.165, 1.54) is 13.8 Å². The molecule has 3 aromatic rings. The number of amides is 1. The van der Waals surface area contributed by atoms with Crippen molar-refractivity contribution in [2.75, 3.05) is 0 Å². The van der Waals surface area contributed by atoms with Crippen LogP contribution in [-0.4, -0.2) is 38.0 Å². The zero-order valence-corrected chi connectivity index (χ0v) is 21.6. The van der Waals surface area contributed by atoms with Gasteiger partial charge < -0.3 is 5.32 Å². The molecule has 0 saturated carbocycles. The Morgan fingerprint density at radius 3 is 2.03 bits per heavy atom. The summed E-state index contributed by atoms with van der Waals surface area (Å²) in [5, 5.41) is 1.09. The van der Waals surface area contributed by atoms with Crippen LogP contribution in [0, 0.1) is 0 Å². The van der Waals surface area contributed by atoms with Crippen LogP contribution in [0.15, 0.2) is 69.5 Å². The summed E-state index contributed by atoms with van der Waals surface area (Å²) in [7, 11) is -8.73. The molecule has 2 aromatic heterocycles. The monoisotopic (exact) mass is 595 g/mol. The number of aromatic nitrogens is 2. The lowest BCUT2D eigenvalue weighted by Gasteiger charge is -2.15. The highest BCUT2D eigenvalue weighted by molar-refractivity contribution is 7.92. The van der Waals surface area contributed by atoms with Crippen molar-refractivity contribution >= 4 is 25.6 Å². The molecule has 0 saturated heterocycles. The Labute approximate surface area is 218 Å². The van der Waals surface area contributed by atoms with E-state index < -0.39 is 81.2 Å². The van der Waals surface area contributed by atoms with Crippen molar-refractivity contribution in [1.29, 1.82) is 0 Å². The molecule has 210 valence electrons. The van der Waals surface area contributed by atoms with Gasteiger partial charge in [-0.1, -0.05) is 6.07 Å². The van der Waals surface area contributed by atoms with Gasteiger partial charge in [-0.3, -0.25) is 9.78 Å². The Morgan fingerprint density at radius 2 is 1.49 bits per heavy atom. The number of pyridine rings is 2. The van der Waals surface area contributed by atoms with Crippen molar-refractivity contribution in [3.8, 4) is 0 Å². The Balaban J connectivity index is 1.84. The van der Waals surface area contributed by atoms with Gasteiger partial charge in [0.1, 0.15) is 5.69 Å². The van der Waals surface area contributed by atoms with E-state index in [-0.39, 0.29) is 5.69 Å². The molecule has 2 heterocycles. The Hall–Kier alpha value is -3.53. The van der Waals surface area contributed by atoms with Gasteiger partial charge in [-0.15, -0.1) is 0 Å². The summed E-state index contributed by atoms with van der Waals surface area (Å²) >= 11 is 0. The van der Waals surface area contributed by atoms with Gasteiger partial charge in [0.15, 0.2) is 9.84 Å². The van der Waals surface area contributed by atoms with Crippen LogP contribution in [-0.2, 0) is 38.6 Å². The van der Waals surface area contributed by atoms with E-state index in [4.69, 9.17) is 0 Å². The molecule has 0 atom stereocenters. The van der Waals surface area contributed by atoms with E-state index in [2.05, 4.69) is 15.3 Å². The first kappa shape index (κ1) is 30.0. The average Bonchev–Trinajstić information content (AvgIpc) is 2.86. The molecule has 0 bridgehead atoms. The van der Waals surface area contributed by atoms with Gasteiger partial charge in [-0.2, -0.15) is 26.3 Å². The molecule has 0 aliphatic heterocycles. The maximum atomic E-state index is 13.1. The predicted molar refractivity (Wildman–Crippen MR) is 124 cm³/mol. The molecule has 1 N–H and O–H groups in total. The third-order valence-electron chi connectivity index (χ3n) is 5.33. The van der Waals surface area contributed by atoms with Crippen molar-refractivity contribution in [2.24, 2.45) is 0 Å². The zero-order valence-electron chi connectivity index (χ0n) is 20.0. The highest BCUT2D eigenvalue weighted by Gasteiger charge is 2.36. The van der Waals surface area contributed by atoms with E-state index in [1.807, 2.05) is 0 Å². The van der Waals surface area contributed by atoms with Crippen molar-refractivity contribution in [2.45, 2.75) is 52.7 Å². The maximum Gasteiger partial charge on any atom is 0.417 e. The minimum Gasteiger partial charge on any atom is -0.345 e. The standard InChI is InChI=1S/C23H19F6N3O5S2/c1-13(2)38(34,35)19-9-15(23(27,28)29)10-31-20(19)21(33)32-11-16-6-7-18(12-30-16)39(36,37)17-5-3-4-14(8-17)22(24,25)26/h3-10,12-13H,11H2,1-2H3,(H,32,33). The maximum absolute atomic E-state index is 13.1. The second-order valence-electron chi connectivity index (χ2n) is 8.36. The van der Waals surface area contributed by atoms with Gasteiger partial charge in [0.05, 0.1) is 43.3 Å². The van der Waals surface area contributed by atoms with Crippen LogP contribution in [0.3, 0.4) is 0 Å². The molecule has 39 heavy (non-hydrogen) atoms. The molecule has 0 radical (unpaired) electrons. The molecule has 1 aromatic carbocycles. The number of carbonyl (C=O) groups is 1. The van der Waals surface area contributed by atoms with Gasteiger partial charge in [-0.05, 0) is 50.2 Å². The Bertz CT molecular complexity index is 1600. The fraction of sp³-hybridized carbons (Fsp3) is 0.261. The van der Waals surface area contributed by atoms with E-state index >= 15 is 0 Å². The number of nitrogens with zero attached hydrogens (tertiary/aromatic N) is 2. The number of alkyl halides is 6. The predicted octanol–water partition coefficient (Wildman–Crippen LogP) is 4.46. The average molecular weight is 596 g/mol. The fourth-order valence-electron chi connectivity index (χ4n) is 3.15. The third-order valence-corrected chi connectivity index (χ3v) is 9.23.